The minimum atomic E-state index is -4.32. The second-order valence-corrected chi connectivity index (χ2v) is 8.95. The molecule has 0 spiro atoms. The molecule has 0 atom stereocenters. The zero-order chi connectivity index (χ0) is 22.5. The van der Waals surface area contributed by atoms with E-state index in [-0.39, 0.29) is 17.9 Å². The van der Waals surface area contributed by atoms with Crippen molar-refractivity contribution in [1.82, 2.24) is 4.98 Å². The fraction of sp³-hybridized carbons (Fsp3) is 0.375. The van der Waals surface area contributed by atoms with Crippen LogP contribution in [-0.4, -0.2) is 30.2 Å². The van der Waals surface area contributed by atoms with Gasteiger partial charge in [0.25, 0.3) is 0 Å². The second-order valence-electron chi connectivity index (χ2n) is 8.95. The van der Waals surface area contributed by atoms with Crippen molar-refractivity contribution in [3.05, 3.63) is 59.8 Å². The third-order valence-electron chi connectivity index (χ3n) is 6.40. The van der Waals surface area contributed by atoms with Crippen LogP contribution in [0.2, 0.25) is 0 Å². The maximum atomic E-state index is 12.7. The Morgan fingerprint density at radius 3 is 2.50 bits per heavy atom. The number of aromatic amines is 1. The summed E-state index contributed by atoms with van der Waals surface area (Å²) < 4.78 is 49.5. The Labute approximate surface area is 182 Å². The summed E-state index contributed by atoms with van der Waals surface area (Å²) in [5, 5.41) is 3.83. The fourth-order valence-electron chi connectivity index (χ4n) is 4.16. The van der Waals surface area contributed by atoms with E-state index in [1.807, 2.05) is 25.1 Å². The summed E-state index contributed by atoms with van der Waals surface area (Å²) in [7, 11) is 0. The van der Waals surface area contributed by atoms with Crippen LogP contribution in [0.5, 0.6) is 5.75 Å². The molecular weight excluding hydrogens is 421 g/mol. The number of ether oxygens (including phenoxy) is 2. The Balaban J connectivity index is 1.22. The van der Waals surface area contributed by atoms with Gasteiger partial charge in [-0.2, -0.15) is 13.2 Å². The van der Waals surface area contributed by atoms with E-state index in [0.29, 0.717) is 24.7 Å². The fourth-order valence-corrected chi connectivity index (χ4v) is 4.16. The number of carbonyl (C=O) groups excluding carboxylic acids is 1. The van der Waals surface area contributed by atoms with E-state index >= 15 is 0 Å². The van der Waals surface area contributed by atoms with Gasteiger partial charge in [0.15, 0.2) is 0 Å². The molecule has 2 fully saturated rings. The van der Waals surface area contributed by atoms with Crippen LogP contribution in [0.3, 0.4) is 0 Å². The van der Waals surface area contributed by atoms with Gasteiger partial charge in [-0.25, -0.2) is 0 Å². The molecule has 2 aliphatic rings. The summed E-state index contributed by atoms with van der Waals surface area (Å²) in [6.07, 6.45) is -1.05. The molecule has 2 aromatic carbocycles. The molecule has 5 nitrogen and oxygen atoms in total. The Hall–Kier alpha value is -3.00. The smallest absolute Gasteiger partial charge is 0.416 e. The van der Waals surface area contributed by atoms with E-state index < -0.39 is 17.2 Å². The largest absolute Gasteiger partial charge is 0.490 e. The average molecular weight is 444 g/mol. The first kappa shape index (κ1) is 20.9. The third kappa shape index (κ3) is 3.83. The summed E-state index contributed by atoms with van der Waals surface area (Å²) in [5.41, 5.74) is 1.35. The second kappa shape index (κ2) is 7.55. The molecule has 3 aromatic rings. The van der Waals surface area contributed by atoms with Crippen molar-refractivity contribution in [2.45, 2.75) is 38.0 Å². The van der Waals surface area contributed by atoms with Gasteiger partial charge in [-0.3, -0.25) is 4.79 Å². The van der Waals surface area contributed by atoms with Crippen LogP contribution < -0.4 is 10.1 Å². The number of H-pyrrole nitrogens is 1. The highest BCUT2D eigenvalue weighted by Crippen LogP contribution is 2.41. The van der Waals surface area contributed by atoms with Crippen molar-refractivity contribution >= 4 is 22.5 Å². The number of hydrogen-bond acceptors (Lipinski definition) is 3. The normalized spacial score (nSPS) is 22.1. The molecule has 1 saturated heterocycles. The van der Waals surface area contributed by atoms with Crippen LogP contribution in [0.1, 0.15) is 36.8 Å². The zero-order valence-electron chi connectivity index (χ0n) is 17.5. The van der Waals surface area contributed by atoms with Gasteiger partial charge in [-0.15, -0.1) is 0 Å². The first-order valence-electron chi connectivity index (χ1n) is 10.6. The molecule has 0 bridgehead atoms. The minimum absolute atomic E-state index is 0.00256. The SMILES string of the molecule is CC1(C(=O)Nc2c[nH]c3ccc(O[C@H]4C[C@@H](c5ccc(C(F)(F)F)cc5)C4)cc23)COC1. The highest BCUT2D eigenvalue weighted by molar-refractivity contribution is 6.04. The maximum absolute atomic E-state index is 12.7. The number of alkyl halides is 3. The van der Waals surface area contributed by atoms with Crippen LogP contribution in [0.25, 0.3) is 10.9 Å². The van der Waals surface area contributed by atoms with Crippen molar-refractivity contribution in [1.29, 1.82) is 0 Å². The Morgan fingerprint density at radius 2 is 1.88 bits per heavy atom. The van der Waals surface area contributed by atoms with E-state index in [2.05, 4.69) is 10.3 Å². The lowest BCUT2D eigenvalue weighted by molar-refractivity contribution is -0.151. The van der Waals surface area contributed by atoms with Crippen molar-refractivity contribution in [3.8, 4) is 5.75 Å². The number of halogens is 3. The number of fused-ring (bicyclic) bond motifs is 1. The molecule has 0 unspecified atom stereocenters. The molecular formula is C24H23F3N2O3. The van der Waals surface area contributed by atoms with Crippen molar-refractivity contribution in [2.75, 3.05) is 18.5 Å². The molecule has 1 aromatic heterocycles. The van der Waals surface area contributed by atoms with Crippen LogP contribution >= 0.6 is 0 Å². The number of aromatic nitrogens is 1. The van der Waals surface area contributed by atoms with Gasteiger partial charge in [0, 0.05) is 17.1 Å². The van der Waals surface area contributed by atoms with E-state index in [1.54, 1.807) is 18.3 Å². The monoisotopic (exact) mass is 444 g/mol. The number of carbonyl (C=O) groups is 1. The van der Waals surface area contributed by atoms with Crippen LogP contribution in [0.4, 0.5) is 18.9 Å². The lowest BCUT2D eigenvalue weighted by Crippen LogP contribution is -2.49. The summed E-state index contributed by atoms with van der Waals surface area (Å²) in [6, 6.07) is 11.0. The van der Waals surface area contributed by atoms with Crippen LogP contribution in [-0.2, 0) is 15.7 Å². The molecule has 2 heterocycles. The third-order valence-corrected chi connectivity index (χ3v) is 6.40. The summed E-state index contributed by atoms with van der Waals surface area (Å²) in [5.74, 6) is 0.814. The lowest BCUT2D eigenvalue weighted by atomic mass is 9.77. The number of nitrogens with one attached hydrogen (secondary N) is 2. The predicted octanol–water partition coefficient (Wildman–Crippen LogP) is 5.49. The molecule has 1 aliphatic carbocycles. The zero-order valence-corrected chi connectivity index (χ0v) is 17.5. The van der Waals surface area contributed by atoms with Crippen molar-refractivity contribution < 1.29 is 27.4 Å². The van der Waals surface area contributed by atoms with Crippen LogP contribution in [0.15, 0.2) is 48.7 Å². The van der Waals surface area contributed by atoms with E-state index in [0.717, 1.165) is 41.4 Å². The first-order chi connectivity index (χ1) is 15.2. The van der Waals surface area contributed by atoms with E-state index in [4.69, 9.17) is 9.47 Å². The predicted molar refractivity (Wildman–Crippen MR) is 114 cm³/mol. The molecule has 0 radical (unpaired) electrons. The van der Waals surface area contributed by atoms with Gasteiger partial charge in [0.05, 0.1) is 36.0 Å². The van der Waals surface area contributed by atoms with E-state index in [9.17, 15) is 18.0 Å². The maximum Gasteiger partial charge on any atom is 0.416 e. The number of amides is 1. The van der Waals surface area contributed by atoms with Crippen LogP contribution in [0, 0.1) is 5.41 Å². The number of rotatable bonds is 5. The summed E-state index contributed by atoms with van der Waals surface area (Å²) in [4.78, 5) is 15.7. The molecule has 5 rings (SSSR count). The molecule has 168 valence electrons. The summed E-state index contributed by atoms with van der Waals surface area (Å²) in [6.45, 7) is 2.70. The van der Waals surface area contributed by atoms with Gasteiger partial charge < -0.3 is 19.8 Å². The Bertz CT molecular complexity index is 1140. The molecule has 32 heavy (non-hydrogen) atoms. The number of anilines is 1. The topological polar surface area (TPSA) is 63.4 Å². The van der Waals surface area contributed by atoms with Gasteiger partial charge in [0.2, 0.25) is 5.91 Å². The standard InChI is InChI=1S/C24H23F3N2O3/c1-23(12-31-13-23)22(30)29-21-11-28-20-7-6-17(10-19(20)21)32-18-8-15(9-18)14-2-4-16(5-3-14)24(25,26)27/h2-7,10-11,15,18,28H,8-9,12-13H2,1H3,(H,29,30)/t15-,18+. The molecule has 1 aliphatic heterocycles. The Kier molecular flexibility index (Phi) is 4.93. The van der Waals surface area contributed by atoms with Crippen molar-refractivity contribution in [3.63, 3.8) is 0 Å². The van der Waals surface area contributed by atoms with Crippen molar-refractivity contribution in [2.24, 2.45) is 5.41 Å². The Morgan fingerprint density at radius 1 is 1.16 bits per heavy atom. The van der Waals surface area contributed by atoms with Gasteiger partial charge in [-0.1, -0.05) is 12.1 Å². The number of benzene rings is 2. The molecule has 1 saturated carbocycles. The molecule has 8 heteroatoms. The van der Waals surface area contributed by atoms with Gasteiger partial charge in [-0.05, 0) is 61.6 Å². The first-order valence-corrected chi connectivity index (χ1v) is 10.6. The highest BCUT2D eigenvalue weighted by atomic mass is 19.4. The lowest BCUT2D eigenvalue weighted by Gasteiger charge is -2.36. The number of hydrogen-bond donors (Lipinski definition) is 2. The van der Waals surface area contributed by atoms with Gasteiger partial charge >= 0.3 is 6.18 Å². The minimum Gasteiger partial charge on any atom is -0.490 e. The average Bonchev–Trinajstić information content (AvgIpc) is 3.10. The quantitative estimate of drug-likeness (QED) is 0.547. The molecule has 2 N–H and O–H groups in total. The molecule has 1 amide bonds. The highest BCUT2D eigenvalue weighted by Gasteiger charge is 2.41. The van der Waals surface area contributed by atoms with E-state index in [1.165, 1.54) is 0 Å². The summed E-state index contributed by atoms with van der Waals surface area (Å²) >= 11 is 0. The van der Waals surface area contributed by atoms with Gasteiger partial charge in [0.1, 0.15) is 5.75 Å².